The van der Waals surface area contributed by atoms with Crippen LogP contribution < -0.4 is 5.73 Å². The third kappa shape index (κ3) is 2.79. The maximum absolute atomic E-state index is 5.53. The first-order chi connectivity index (χ1) is 5.24. The van der Waals surface area contributed by atoms with E-state index in [-0.39, 0.29) is 18.4 Å². The summed E-state index contributed by atoms with van der Waals surface area (Å²) in [5, 5.41) is 3.76. The highest BCUT2D eigenvalue weighted by Gasteiger charge is 2.08. The van der Waals surface area contributed by atoms with Gasteiger partial charge in [0.15, 0.2) is 5.82 Å². The molecule has 0 aromatic carbocycles. The van der Waals surface area contributed by atoms with Crippen molar-refractivity contribution < 1.29 is 4.52 Å². The molecule has 4 nitrogen and oxygen atoms in total. The largest absolute Gasteiger partial charge is 0.338 e. The zero-order valence-electron chi connectivity index (χ0n) is 7.28. The molecule has 0 bridgehead atoms. The van der Waals surface area contributed by atoms with Crippen LogP contribution in [0.25, 0.3) is 0 Å². The third-order valence-corrected chi connectivity index (χ3v) is 1.35. The molecular formula is C7H14ClN3O. The van der Waals surface area contributed by atoms with Gasteiger partial charge in [-0.3, -0.25) is 0 Å². The highest BCUT2D eigenvalue weighted by atomic mass is 35.5. The van der Waals surface area contributed by atoms with Gasteiger partial charge in [0.2, 0.25) is 5.89 Å². The fourth-order valence-corrected chi connectivity index (χ4v) is 0.778. The Hall–Kier alpha value is -0.610. The SMILES string of the molecule is CCCc1noc(C(C)N)n1.Cl. The normalized spacial score (nSPS) is 12.2. The van der Waals surface area contributed by atoms with Gasteiger partial charge in [-0.2, -0.15) is 4.98 Å². The Morgan fingerprint density at radius 3 is 2.67 bits per heavy atom. The van der Waals surface area contributed by atoms with Crippen molar-refractivity contribution in [2.24, 2.45) is 5.73 Å². The van der Waals surface area contributed by atoms with E-state index in [1.54, 1.807) is 0 Å². The molecule has 0 saturated heterocycles. The lowest BCUT2D eigenvalue weighted by Crippen LogP contribution is -2.05. The topological polar surface area (TPSA) is 64.9 Å². The molecule has 5 heteroatoms. The molecule has 0 saturated carbocycles. The Morgan fingerprint density at radius 1 is 1.58 bits per heavy atom. The Kier molecular flexibility index (Phi) is 4.85. The van der Waals surface area contributed by atoms with Crippen LogP contribution in [0.2, 0.25) is 0 Å². The minimum atomic E-state index is -0.159. The number of nitrogens with zero attached hydrogens (tertiary/aromatic N) is 2. The molecule has 2 N–H and O–H groups in total. The summed E-state index contributed by atoms with van der Waals surface area (Å²) >= 11 is 0. The molecule has 0 aliphatic heterocycles. The van der Waals surface area contributed by atoms with E-state index < -0.39 is 0 Å². The Balaban J connectivity index is 0.00000121. The standard InChI is InChI=1S/C7H13N3O.ClH/c1-3-4-6-9-7(5(2)8)11-10-6;/h5H,3-4,8H2,1-2H3;1H. The van der Waals surface area contributed by atoms with E-state index in [4.69, 9.17) is 10.3 Å². The van der Waals surface area contributed by atoms with Gasteiger partial charge in [-0.1, -0.05) is 12.1 Å². The van der Waals surface area contributed by atoms with Crippen LogP contribution in [-0.4, -0.2) is 10.1 Å². The van der Waals surface area contributed by atoms with Crippen LogP contribution in [-0.2, 0) is 6.42 Å². The molecule has 0 aliphatic rings. The van der Waals surface area contributed by atoms with Crippen molar-refractivity contribution in [3.05, 3.63) is 11.7 Å². The summed E-state index contributed by atoms with van der Waals surface area (Å²) in [4.78, 5) is 4.10. The smallest absolute Gasteiger partial charge is 0.243 e. The Labute approximate surface area is 77.9 Å². The minimum absolute atomic E-state index is 0. The van der Waals surface area contributed by atoms with Crippen molar-refractivity contribution in [1.29, 1.82) is 0 Å². The lowest BCUT2D eigenvalue weighted by atomic mass is 10.3. The molecule has 1 rings (SSSR count). The maximum atomic E-state index is 5.53. The number of halogens is 1. The van der Waals surface area contributed by atoms with Crippen molar-refractivity contribution in [2.45, 2.75) is 32.7 Å². The molecule has 1 heterocycles. The first-order valence-corrected chi connectivity index (χ1v) is 3.82. The molecule has 1 atom stereocenters. The average molecular weight is 192 g/mol. The van der Waals surface area contributed by atoms with E-state index in [0.717, 1.165) is 18.7 Å². The van der Waals surface area contributed by atoms with E-state index in [1.165, 1.54) is 0 Å². The van der Waals surface area contributed by atoms with Crippen LogP contribution in [0.3, 0.4) is 0 Å². The van der Waals surface area contributed by atoms with E-state index in [1.807, 2.05) is 6.92 Å². The fraction of sp³-hybridized carbons (Fsp3) is 0.714. The van der Waals surface area contributed by atoms with Crippen molar-refractivity contribution >= 4 is 12.4 Å². The van der Waals surface area contributed by atoms with Crippen LogP contribution in [0, 0.1) is 0 Å². The summed E-state index contributed by atoms with van der Waals surface area (Å²) in [6, 6.07) is -0.159. The van der Waals surface area contributed by atoms with Crippen molar-refractivity contribution in [1.82, 2.24) is 10.1 Å². The van der Waals surface area contributed by atoms with Gasteiger partial charge >= 0.3 is 0 Å². The summed E-state index contributed by atoms with van der Waals surface area (Å²) in [5.41, 5.74) is 5.53. The first-order valence-electron chi connectivity index (χ1n) is 3.82. The van der Waals surface area contributed by atoms with Crippen LogP contribution in [0.1, 0.15) is 38.0 Å². The first kappa shape index (κ1) is 11.4. The van der Waals surface area contributed by atoms with Gasteiger partial charge in [0.25, 0.3) is 0 Å². The second-order valence-corrected chi connectivity index (χ2v) is 2.59. The van der Waals surface area contributed by atoms with Gasteiger partial charge in [-0.05, 0) is 13.3 Å². The van der Waals surface area contributed by atoms with Gasteiger partial charge in [0.05, 0.1) is 6.04 Å². The van der Waals surface area contributed by atoms with Crippen molar-refractivity contribution in [3.63, 3.8) is 0 Å². The second kappa shape index (κ2) is 5.11. The maximum Gasteiger partial charge on any atom is 0.243 e. The molecule has 1 aromatic rings. The molecule has 1 aromatic heterocycles. The number of nitrogens with two attached hydrogens (primary N) is 1. The Morgan fingerprint density at radius 2 is 2.25 bits per heavy atom. The summed E-state index contributed by atoms with van der Waals surface area (Å²) in [6.45, 7) is 3.89. The molecule has 0 radical (unpaired) electrons. The zero-order valence-corrected chi connectivity index (χ0v) is 8.10. The van der Waals surface area contributed by atoms with Gasteiger partial charge in [-0.15, -0.1) is 12.4 Å². The number of aromatic nitrogens is 2. The van der Waals surface area contributed by atoms with Gasteiger partial charge in [-0.25, -0.2) is 0 Å². The van der Waals surface area contributed by atoms with E-state index in [0.29, 0.717) is 5.89 Å². The van der Waals surface area contributed by atoms with Gasteiger partial charge < -0.3 is 10.3 Å². The summed E-state index contributed by atoms with van der Waals surface area (Å²) in [5.74, 6) is 1.27. The third-order valence-electron chi connectivity index (χ3n) is 1.35. The molecule has 0 aliphatic carbocycles. The van der Waals surface area contributed by atoms with E-state index in [9.17, 15) is 0 Å². The highest BCUT2D eigenvalue weighted by molar-refractivity contribution is 5.85. The number of rotatable bonds is 3. The zero-order chi connectivity index (χ0) is 8.27. The predicted octanol–water partition coefficient (Wildman–Crippen LogP) is 1.46. The fourth-order valence-electron chi connectivity index (χ4n) is 0.778. The molecule has 0 fully saturated rings. The van der Waals surface area contributed by atoms with Crippen LogP contribution >= 0.6 is 12.4 Å². The number of aryl methyl sites for hydroxylation is 1. The summed E-state index contributed by atoms with van der Waals surface area (Å²) in [7, 11) is 0. The number of hydrogen-bond donors (Lipinski definition) is 1. The van der Waals surface area contributed by atoms with Crippen LogP contribution in [0.15, 0.2) is 4.52 Å². The molecule has 0 amide bonds. The van der Waals surface area contributed by atoms with Crippen molar-refractivity contribution in [3.8, 4) is 0 Å². The summed E-state index contributed by atoms with van der Waals surface area (Å²) < 4.78 is 4.89. The average Bonchev–Trinajstić information content (AvgIpc) is 2.37. The van der Waals surface area contributed by atoms with Crippen LogP contribution in [0.5, 0.6) is 0 Å². The van der Waals surface area contributed by atoms with Crippen LogP contribution in [0.4, 0.5) is 0 Å². The quantitative estimate of drug-likeness (QED) is 0.786. The minimum Gasteiger partial charge on any atom is -0.338 e. The molecule has 0 spiro atoms. The lowest BCUT2D eigenvalue weighted by Gasteiger charge is -1.92. The molecule has 70 valence electrons. The van der Waals surface area contributed by atoms with E-state index >= 15 is 0 Å². The van der Waals surface area contributed by atoms with Gasteiger partial charge in [0, 0.05) is 6.42 Å². The van der Waals surface area contributed by atoms with E-state index in [2.05, 4.69) is 17.1 Å². The second-order valence-electron chi connectivity index (χ2n) is 2.59. The predicted molar refractivity (Wildman–Crippen MR) is 48.1 cm³/mol. The monoisotopic (exact) mass is 191 g/mol. The Bertz CT molecular complexity index is 224. The highest BCUT2D eigenvalue weighted by Crippen LogP contribution is 2.06. The van der Waals surface area contributed by atoms with Crippen molar-refractivity contribution in [2.75, 3.05) is 0 Å². The summed E-state index contributed by atoms with van der Waals surface area (Å²) in [6.07, 6.45) is 1.88. The molecule has 12 heavy (non-hydrogen) atoms. The lowest BCUT2D eigenvalue weighted by molar-refractivity contribution is 0.357. The molecular weight excluding hydrogens is 178 g/mol. The number of hydrogen-bond acceptors (Lipinski definition) is 4. The van der Waals surface area contributed by atoms with Gasteiger partial charge in [0.1, 0.15) is 0 Å². The molecule has 1 unspecified atom stereocenters.